The van der Waals surface area contributed by atoms with Crippen LogP contribution < -0.4 is 5.73 Å². The highest BCUT2D eigenvalue weighted by Gasteiger charge is 2.34. The number of rotatable bonds is 11. The van der Waals surface area contributed by atoms with E-state index in [0.717, 1.165) is 31.6 Å². The van der Waals surface area contributed by atoms with Crippen LogP contribution in [0, 0.1) is 0 Å². The van der Waals surface area contributed by atoms with E-state index in [1.54, 1.807) is 14.2 Å². The quantitative estimate of drug-likeness (QED) is 0.639. The molecule has 1 rings (SSSR count). The summed E-state index contributed by atoms with van der Waals surface area (Å²) >= 11 is 0. The van der Waals surface area contributed by atoms with Crippen LogP contribution in [0.25, 0.3) is 0 Å². The predicted molar refractivity (Wildman–Crippen MR) is 90.1 cm³/mol. The molecule has 0 aromatic heterocycles. The molecule has 0 bridgehead atoms. The second-order valence-electron chi connectivity index (χ2n) is 5.10. The molecule has 0 unspecified atom stereocenters. The standard InChI is InChI=1S/C16H28N2O2Si/c1-4-18(15-16-9-6-5-7-10-16)12-14-21(19-2,20-3)13-8-11-17/h4-7,9-10H,1,8,11-15,17H2,2-3H3. The van der Waals surface area contributed by atoms with Gasteiger partial charge in [0.2, 0.25) is 0 Å². The highest BCUT2D eigenvalue weighted by Crippen LogP contribution is 2.20. The Labute approximate surface area is 129 Å². The van der Waals surface area contributed by atoms with E-state index in [-0.39, 0.29) is 0 Å². The molecule has 0 radical (unpaired) electrons. The number of hydrogen-bond donors (Lipinski definition) is 1. The maximum Gasteiger partial charge on any atom is 0.339 e. The molecule has 0 fully saturated rings. The van der Waals surface area contributed by atoms with Crippen molar-refractivity contribution in [2.45, 2.75) is 25.1 Å². The second-order valence-corrected chi connectivity index (χ2v) is 8.74. The Morgan fingerprint density at radius 1 is 1.19 bits per heavy atom. The fourth-order valence-corrected chi connectivity index (χ4v) is 4.96. The molecule has 4 nitrogen and oxygen atoms in total. The van der Waals surface area contributed by atoms with E-state index in [1.165, 1.54) is 5.56 Å². The first-order valence-electron chi connectivity index (χ1n) is 7.40. The van der Waals surface area contributed by atoms with Crippen molar-refractivity contribution in [2.24, 2.45) is 5.73 Å². The Morgan fingerprint density at radius 3 is 2.38 bits per heavy atom. The van der Waals surface area contributed by atoms with Gasteiger partial charge in [-0.05, 0) is 30.8 Å². The Hall–Kier alpha value is -1.14. The largest absolute Gasteiger partial charge is 0.398 e. The van der Waals surface area contributed by atoms with Crippen molar-refractivity contribution in [1.82, 2.24) is 4.90 Å². The minimum Gasteiger partial charge on any atom is -0.398 e. The molecule has 0 aliphatic heterocycles. The van der Waals surface area contributed by atoms with Gasteiger partial charge in [-0.15, -0.1) is 0 Å². The van der Waals surface area contributed by atoms with Crippen LogP contribution in [0.4, 0.5) is 0 Å². The molecule has 0 spiro atoms. The first kappa shape index (κ1) is 17.9. The van der Waals surface area contributed by atoms with Crippen LogP contribution in [-0.2, 0) is 15.4 Å². The van der Waals surface area contributed by atoms with E-state index < -0.39 is 8.56 Å². The van der Waals surface area contributed by atoms with E-state index in [4.69, 9.17) is 14.6 Å². The fraction of sp³-hybridized carbons (Fsp3) is 0.500. The SMILES string of the molecule is C=CN(CC[Si](CCCN)(OC)OC)Cc1ccccc1. The number of hydrogen-bond acceptors (Lipinski definition) is 4. The van der Waals surface area contributed by atoms with E-state index in [2.05, 4.69) is 35.7 Å². The van der Waals surface area contributed by atoms with Crippen molar-refractivity contribution in [3.8, 4) is 0 Å². The van der Waals surface area contributed by atoms with Crippen molar-refractivity contribution >= 4 is 8.56 Å². The third-order valence-corrected chi connectivity index (χ3v) is 7.36. The van der Waals surface area contributed by atoms with Gasteiger partial charge in [0.15, 0.2) is 0 Å². The van der Waals surface area contributed by atoms with Gasteiger partial charge in [0.1, 0.15) is 0 Å². The highest BCUT2D eigenvalue weighted by atomic mass is 28.4. The van der Waals surface area contributed by atoms with Gasteiger partial charge in [-0.2, -0.15) is 0 Å². The molecule has 0 atom stereocenters. The van der Waals surface area contributed by atoms with Crippen molar-refractivity contribution in [3.05, 3.63) is 48.7 Å². The van der Waals surface area contributed by atoms with Crippen molar-refractivity contribution in [3.63, 3.8) is 0 Å². The lowest BCUT2D eigenvalue weighted by Crippen LogP contribution is -2.43. The first-order valence-corrected chi connectivity index (χ1v) is 9.63. The molecule has 1 aromatic carbocycles. The van der Waals surface area contributed by atoms with Crippen LogP contribution >= 0.6 is 0 Å². The van der Waals surface area contributed by atoms with E-state index in [9.17, 15) is 0 Å². The van der Waals surface area contributed by atoms with Gasteiger partial charge >= 0.3 is 8.56 Å². The zero-order chi connectivity index (χ0) is 15.6. The van der Waals surface area contributed by atoms with Crippen LogP contribution in [0.2, 0.25) is 12.1 Å². The first-order chi connectivity index (χ1) is 10.2. The molecule has 2 N–H and O–H groups in total. The molecular weight excluding hydrogens is 280 g/mol. The lowest BCUT2D eigenvalue weighted by Gasteiger charge is -2.30. The monoisotopic (exact) mass is 308 g/mol. The van der Waals surface area contributed by atoms with Gasteiger partial charge in [-0.25, -0.2) is 0 Å². The average Bonchev–Trinajstić information content (AvgIpc) is 2.55. The van der Waals surface area contributed by atoms with Gasteiger partial charge < -0.3 is 19.5 Å². The van der Waals surface area contributed by atoms with Gasteiger partial charge in [-0.3, -0.25) is 0 Å². The maximum atomic E-state index is 5.73. The second kappa shape index (κ2) is 9.73. The average molecular weight is 308 g/mol. The molecule has 0 amide bonds. The van der Waals surface area contributed by atoms with Crippen molar-refractivity contribution in [1.29, 1.82) is 0 Å². The maximum absolute atomic E-state index is 5.73. The third-order valence-electron chi connectivity index (χ3n) is 3.77. The molecule has 0 saturated heterocycles. The number of nitrogens with zero attached hydrogens (tertiary/aromatic N) is 1. The van der Waals surface area contributed by atoms with Crippen LogP contribution in [0.5, 0.6) is 0 Å². The summed E-state index contributed by atoms with van der Waals surface area (Å²) < 4.78 is 11.5. The zero-order valence-corrected chi connectivity index (χ0v) is 14.3. The van der Waals surface area contributed by atoms with E-state index in [0.29, 0.717) is 6.54 Å². The van der Waals surface area contributed by atoms with E-state index in [1.807, 2.05) is 12.3 Å². The van der Waals surface area contributed by atoms with Crippen molar-refractivity contribution < 1.29 is 8.85 Å². The Morgan fingerprint density at radius 2 is 1.86 bits per heavy atom. The highest BCUT2D eigenvalue weighted by molar-refractivity contribution is 6.67. The molecule has 0 aliphatic carbocycles. The summed E-state index contributed by atoms with van der Waals surface area (Å²) in [6, 6.07) is 12.3. The van der Waals surface area contributed by atoms with Gasteiger partial charge in [-0.1, -0.05) is 36.9 Å². The molecule has 118 valence electrons. The lowest BCUT2D eigenvalue weighted by molar-refractivity contribution is 0.233. The van der Waals surface area contributed by atoms with E-state index >= 15 is 0 Å². The summed E-state index contributed by atoms with van der Waals surface area (Å²) in [6.07, 6.45) is 2.83. The smallest absolute Gasteiger partial charge is 0.339 e. The van der Waals surface area contributed by atoms with Crippen LogP contribution in [0.15, 0.2) is 43.1 Å². The Balaban J connectivity index is 2.57. The minimum atomic E-state index is -2.13. The summed E-state index contributed by atoms with van der Waals surface area (Å²) in [6.45, 7) is 6.33. The zero-order valence-electron chi connectivity index (χ0n) is 13.3. The Kier molecular flexibility index (Phi) is 8.30. The van der Waals surface area contributed by atoms with Crippen LogP contribution in [0.1, 0.15) is 12.0 Å². The molecule has 5 heteroatoms. The fourth-order valence-electron chi connectivity index (χ4n) is 2.35. The summed E-state index contributed by atoms with van der Waals surface area (Å²) in [5.41, 5.74) is 6.89. The van der Waals surface area contributed by atoms with Crippen molar-refractivity contribution in [2.75, 3.05) is 27.3 Å². The number of nitrogens with two attached hydrogens (primary N) is 1. The van der Waals surface area contributed by atoms with Crippen LogP contribution in [-0.4, -0.2) is 40.8 Å². The number of benzene rings is 1. The summed E-state index contributed by atoms with van der Waals surface area (Å²) in [7, 11) is 1.37. The lowest BCUT2D eigenvalue weighted by atomic mass is 10.2. The minimum absolute atomic E-state index is 0.677. The van der Waals surface area contributed by atoms with Gasteiger partial charge in [0.25, 0.3) is 0 Å². The predicted octanol–water partition coefficient (Wildman–Crippen LogP) is 2.72. The molecule has 0 saturated carbocycles. The van der Waals surface area contributed by atoms with Gasteiger partial charge in [0, 0.05) is 33.4 Å². The van der Waals surface area contributed by atoms with Gasteiger partial charge in [0.05, 0.1) is 0 Å². The molecule has 0 aliphatic rings. The summed E-state index contributed by atoms with van der Waals surface area (Å²) in [4.78, 5) is 2.21. The topological polar surface area (TPSA) is 47.7 Å². The molecular formula is C16H28N2O2Si. The Bertz CT molecular complexity index is 397. The van der Waals surface area contributed by atoms with Crippen LogP contribution in [0.3, 0.4) is 0 Å². The molecule has 1 aromatic rings. The summed E-state index contributed by atoms with van der Waals surface area (Å²) in [5, 5.41) is 0. The molecule has 0 heterocycles. The normalized spacial score (nSPS) is 11.4. The summed E-state index contributed by atoms with van der Waals surface area (Å²) in [5.74, 6) is 0. The third kappa shape index (κ3) is 6.01. The molecule has 21 heavy (non-hydrogen) atoms.